The van der Waals surface area contributed by atoms with E-state index >= 15 is 0 Å². The molecule has 1 aromatic rings. The molecule has 3 nitrogen and oxygen atoms in total. The van der Waals surface area contributed by atoms with Crippen LogP contribution in [-0.2, 0) is 10.9 Å². The zero-order valence-electron chi connectivity index (χ0n) is 12.2. The Morgan fingerprint density at radius 2 is 1.95 bits per heavy atom. The van der Waals surface area contributed by atoms with E-state index in [0.717, 1.165) is 36.6 Å². The Bertz CT molecular complexity index is 497. The topological polar surface area (TPSA) is 24.8 Å². The minimum absolute atomic E-state index is 0.0406. The summed E-state index contributed by atoms with van der Waals surface area (Å²) in [6, 6.07) is 5.20. The van der Waals surface area contributed by atoms with Gasteiger partial charge in [-0.2, -0.15) is 13.2 Å². The molecular formula is C15H19F3N2O. The maximum Gasteiger partial charge on any atom is 0.416 e. The van der Waals surface area contributed by atoms with Crippen LogP contribution in [0.5, 0.6) is 0 Å². The summed E-state index contributed by atoms with van der Waals surface area (Å²) in [4.78, 5) is 6.37. The average molecular weight is 300 g/mol. The SMILES string of the molecule is CCCC1=NC(CN(C)c2ccc(C(F)(F)F)cc2)CO1. The first-order valence-corrected chi connectivity index (χ1v) is 6.98. The highest BCUT2D eigenvalue weighted by atomic mass is 19.4. The summed E-state index contributed by atoms with van der Waals surface area (Å²) in [6.45, 7) is 3.23. The smallest absolute Gasteiger partial charge is 0.416 e. The van der Waals surface area contributed by atoms with Crippen molar-refractivity contribution in [2.45, 2.75) is 32.0 Å². The number of nitrogens with zero attached hydrogens (tertiary/aromatic N) is 2. The van der Waals surface area contributed by atoms with E-state index in [0.29, 0.717) is 13.2 Å². The predicted octanol–water partition coefficient (Wildman–Crippen LogP) is 3.74. The number of likely N-dealkylation sites (N-methyl/N-ethyl adjacent to an activating group) is 1. The standard InChI is InChI=1S/C15H19F3N2O/c1-3-4-14-19-12(10-21-14)9-20(2)13-7-5-11(6-8-13)15(16,17)18/h5-8,12H,3-4,9-10H2,1-2H3. The molecule has 0 fully saturated rings. The second-order valence-electron chi connectivity index (χ2n) is 5.16. The highest BCUT2D eigenvalue weighted by Crippen LogP contribution is 2.30. The number of halogens is 3. The third-order valence-electron chi connectivity index (χ3n) is 3.35. The monoisotopic (exact) mass is 300 g/mol. The first kappa shape index (κ1) is 15.7. The second-order valence-corrected chi connectivity index (χ2v) is 5.16. The van der Waals surface area contributed by atoms with Gasteiger partial charge in [-0.1, -0.05) is 6.92 Å². The van der Waals surface area contributed by atoms with Crippen LogP contribution >= 0.6 is 0 Å². The molecule has 0 saturated carbocycles. The lowest BCUT2D eigenvalue weighted by atomic mass is 10.2. The van der Waals surface area contributed by atoms with Gasteiger partial charge in [-0.3, -0.25) is 0 Å². The van der Waals surface area contributed by atoms with Gasteiger partial charge in [0.1, 0.15) is 12.6 Å². The molecule has 1 unspecified atom stereocenters. The fourth-order valence-corrected chi connectivity index (χ4v) is 2.24. The van der Waals surface area contributed by atoms with E-state index in [1.807, 2.05) is 11.9 Å². The Morgan fingerprint density at radius 1 is 1.29 bits per heavy atom. The molecule has 0 spiro atoms. The van der Waals surface area contributed by atoms with Crippen LogP contribution in [0.25, 0.3) is 0 Å². The van der Waals surface area contributed by atoms with E-state index in [1.165, 1.54) is 12.1 Å². The molecule has 0 saturated heterocycles. The molecule has 0 aromatic heterocycles. The molecule has 0 amide bonds. The molecule has 1 heterocycles. The summed E-state index contributed by atoms with van der Waals surface area (Å²) in [6.07, 6.45) is -2.48. The second kappa shape index (κ2) is 6.37. The zero-order chi connectivity index (χ0) is 15.5. The van der Waals surface area contributed by atoms with E-state index in [2.05, 4.69) is 11.9 Å². The molecule has 1 aliphatic rings. The summed E-state index contributed by atoms with van der Waals surface area (Å²) in [5.41, 5.74) is 0.106. The number of anilines is 1. The Kier molecular flexibility index (Phi) is 4.75. The number of ether oxygens (including phenoxy) is 1. The van der Waals surface area contributed by atoms with Crippen LogP contribution in [0.3, 0.4) is 0 Å². The summed E-state index contributed by atoms with van der Waals surface area (Å²) < 4.78 is 43.0. The van der Waals surface area contributed by atoms with Crippen molar-refractivity contribution in [2.75, 3.05) is 25.1 Å². The molecule has 0 aliphatic carbocycles. The lowest BCUT2D eigenvalue weighted by Gasteiger charge is -2.21. The molecule has 0 radical (unpaired) electrons. The third-order valence-corrected chi connectivity index (χ3v) is 3.35. The molecule has 21 heavy (non-hydrogen) atoms. The van der Waals surface area contributed by atoms with Gasteiger partial charge in [0.15, 0.2) is 5.90 Å². The molecule has 0 N–H and O–H groups in total. The van der Waals surface area contributed by atoms with Crippen molar-refractivity contribution >= 4 is 11.6 Å². The molecule has 2 rings (SSSR count). The number of benzene rings is 1. The van der Waals surface area contributed by atoms with Crippen molar-refractivity contribution in [3.05, 3.63) is 29.8 Å². The Morgan fingerprint density at radius 3 is 2.52 bits per heavy atom. The van der Waals surface area contributed by atoms with E-state index in [1.54, 1.807) is 0 Å². The molecule has 1 aromatic carbocycles. The lowest BCUT2D eigenvalue weighted by Crippen LogP contribution is -2.28. The highest BCUT2D eigenvalue weighted by Gasteiger charge is 2.30. The molecule has 1 atom stereocenters. The highest BCUT2D eigenvalue weighted by molar-refractivity contribution is 5.77. The average Bonchev–Trinajstić information content (AvgIpc) is 2.86. The fraction of sp³-hybridized carbons (Fsp3) is 0.533. The van der Waals surface area contributed by atoms with Crippen LogP contribution in [0.4, 0.5) is 18.9 Å². The van der Waals surface area contributed by atoms with Crippen molar-refractivity contribution < 1.29 is 17.9 Å². The Labute approximate surface area is 122 Å². The van der Waals surface area contributed by atoms with Gasteiger partial charge in [-0.05, 0) is 30.7 Å². The molecule has 1 aliphatic heterocycles. The van der Waals surface area contributed by atoms with Gasteiger partial charge in [0.25, 0.3) is 0 Å². The maximum absolute atomic E-state index is 12.5. The Hall–Kier alpha value is -1.72. The van der Waals surface area contributed by atoms with E-state index in [-0.39, 0.29) is 6.04 Å². The minimum atomic E-state index is -4.30. The van der Waals surface area contributed by atoms with Gasteiger partial charge in [0.2, 0.25) is 0 Å². The van der Waals surface area contributed by atoms with Gasteiger partial charge < -0.3 is 9.64 Å². The van der Waals surface area contributed by atoms with E-state index < -0.39 is 11.7 Å². The van der Waals surface area contributed by atoms with Crippen molar-refractivity contribution in [2.24, 2.45) is 4.99 Å². The normalized spacial score (nSPS) is 18.3. The number of hydrogen-bond donors (Lipinski definition) is 0. The summed E-state index contributed by atoms with van der Waals surface area (Å²) in [5, 5.41) is 0. The van der Waals surface area contributed by atoms with Gasteiger partial charge in [0, 0.05) is 25.7 Å². The van der Waals surface area contributed by atoms with Gasteiger partial charge in [-0.15, -0.1) is 0 Å². The van der Waals surface area contributed by atoms with Crippen molar-refractivity contribution in [1.29, 1.82) is 0 Å². The zero-order valence-corrected chi connectivity index (χ0v) is 12.2. The van der Waals surface area contributed by atoms with Crippen LogP contribution in [0.1, 0.15) is 25.3 Å². The predicted molar refractivity (Wildman–Crippen MR) is 76.8 cm³/mol. The lowest BCUT2D eigenvalue weighted by molar-refractivity contribution is -0.137. The molecule has 6 heteroatoms. The van der Waals surface area contributed by atoms with Crippen LogP contribution < -0.4 is 4.90 Å². The number of aliphatic imine (C=N–C) groups is 1. The Balaban J connectivity index is 1.96. The molecule has 116 valence electrons. The first-order valence-electron chi connectivity index (χ1n) is 6.98. The third kappa shape index (κ3) is 4.12. The van der Waals surface area contributed by atoms with Gasteiger partial charge in [0.05, 0.1) is 5.56 Å². The van der Waals surface area contributed by atoms with E-state index in [9.17, 15) is 13.2 Å². The maximum atomic E-state index is 12.5. The van der Waals surface area contributed by atoms with Gasteiger partial charge in [-0.25, -0.2) is 4.99 Å². The van der Waals surface area contributed by atoms with E-state index in [4.69, 9.17) is 4.74 Å². The largest absolute Gasteiger partial charge is 0.479 e. The quantitative estimate of drug-likeness (QED) is 0.827. The number of hydrogen-bond acceptors (Lipinski definition) is 3. The number of alkyl halides is 3. The van der Waals surface area contributed by atoms with Crippen molar-refractivity contribution in [3.8, 4) is 0 Å². The molecular weight excluding hydrogens is 281 g/mol. The van der Waals surface area contributed by atoms with Gasteiger partial charge >= 0.3 is 6.18 Å². The fourth-order valence-electron chi connectivity index (χ4n) is 2.24. The van der Waals surface area contributed by atoms with Crippen molar-refractivity contribution in [3.63, 3.8) is 0 Å². The summed E-state index contributed by atoms with van der Waals surface area (Å²) >= 11 is 0. The minimum Gasteiger partial charge on any atom is -0.479 e. The van der Waals surface area contributed by atoms with Crippen LogP contribution in [0.2, 0.25) is 0 Å². The van der Waals surface area contributed by atoms with Crippen molar-refractivity contribution in [1.82, 2.24) is 0 Å². The van der Waals surface area contributed by atoms with Crippen LogP contribution in [0, 0.1) is 0 Å². The van der Waals surface area contributed by atoms with Crippen LogP contribution in [0.15, 0.2) is 29.3 Å². The summed E-state index contributed by atoms with van der Waals surface area (Å²) in [7, 11) is 1.84. The molecule has 0 bridgehead atoms. The summed E-state index contributed by atoms with van der Waals surface area (Å²) in [5.74, 6) is 0.781. The first-order chi connectivity index (χ1) is 9.90. The number of rotatable bonds is 5. The van der Waals surface area contributed by atoms with Crippen LogP contribution in [-0.4, -0.2) is 32.1 Å².